The molecule has 0 radical (unpaired) electrons. The van der Waals surface area contributed by atoms with Crippen LogP contribution in [0.3, 0.4) is 0 Å². The fourth-order valence-corrected chi connectivity index (χ4v) is 6.20. The van der Waals surface area contributed by atoms with Gasteiger partial charge in [-0.2, -0.15) is 0 Å². The molecule has 62 heavy (non-hydrogen) atoms. The number of likely N-dealkylation sites (N-methyl/N-ethyl adjacent to an activating group) is 1. The van der Waals surface area contributed by atoms with E-state index < -0.39 is 52.7 Å². The summed E-state index contributed by atoms with van der Waals surface area (Å²) in [5.41, 5.74) is 5.68. The molecule has 19 heteroatoms. The van der Waals surface area contributed by atoms with Crippen molar-refractivity contribution >= 4 is 35.4 Å². The molecule has 6 amide bonds. The summed E-state index contributed by atoms with van der Waals surface area (Å²) >= 11 is 0. The van der Waals surface area contributed by atoms with Crippen molar-refractivity contribution in [2.75, 3.05) is 98.7 Å². The third-order valence-electron chi connectivity index (χ3n) is 9.63. The third kappa shape index (κ3) is 15.3. The fourth-order valence-electron chi connectivity index (χ4n) is 6.20. The van der Waals surface area contributed by atoms with Crippen LogP contribution in [0.2, 0.25) is 0 Å². The number of nitrogens with one attached hydrogen (secondary N) is 7. The number of carbonyl (C=O) groups excluding carboxylic acids is 6. The molecule has 0 saturated heterocycles. The SMILES string of the molecule is CCCNC(=O)c1cccc(C(=O)NCCN(CCN)CCN(CCNC(=O)c2cccc(C(=O)NCCC)c2O)CCNC(=O)c2cccc(C(=O)NCCNC)c2O)c1O. The van der Waals surface area contributed by atoms with E-state index in [2.05, 4.69) is 37.2 Å². The number of hydrogen-bond donors (Lipinski definition) is 11. The number of amides is 6. The Bertz CT molecular complexity index is 1980. The second-order valence-corrected chi connectivity index (χ2v) is 14.2. The Morgan fingerprint density at radius 2 is 0.710 bits per heavy atom. The summed E-state index contributed by atoms with van der Waals surface area (Å²) in [6.45, 7) is 8.49. The molecule has 19 nitrogen and oxygen atoms in total. The van der Waals surface area contributed by atoms with E-state index in [1.54, 1.807) is 7.05 Å². The molecule has 0 aliphatic rings. The first-order chi connectivity index (χ1) is 29.9. The first kappa shape index (κ1) is 50.1. The topological polar surface area (TPSA) is 280 Å². The lowest BCUT2D eigenvalue weighted by Gasteiger charge is -2.28. The van der Waals surface area contributed by atoms with E-state index in [1.807, 2.05) is 23.6 Å². The highest BCUT2D eigenvalue weighted by molar-refractivity contribution is 6.05. The number of rotatable bonds is 27. The normalized spacial score (nSPS) is 10.9. The van der Waals surface area contributed by atoms with Gasteiger partial charge in [0.25, 0.3) is 35.4 Å². The Balaban J connectivity index is 1.69. The Hall–Kier alpha value is -6.28. The highest BCUT2D eigenvalue weighted by Gasteiger charge is 2.22. The monoisotopic (exact) mass is 862 g/mol. The van der Waals surface area contributed by atoms with Crippen LogP contribution in [0.15, 0.2) is 54.6 Å². The molecule has 12 N–H and O–H groups in total. The van der Waals surface area contributed by atoms with Crippen molar-refractivity contribution in [1.29, 1.82) is 0 Å². The van der Waals surface area contributed by atoms with E-state index >= 15 is 0 Å². The van der Waals surface area contributed by atoms with Gasteiger partial charge in [-0.3, -0.25) is 38.6 Å². The van der Waals surface area contributed by atoms with Crippen molar-refractivity contribution in [3.8, 4) is 17.2 Å². The maximum absolute atomic E-state index is 13.2. The lowest BCUT2D eigenvalue weighted by Crippen LogP contribution is -2.45. The van der Waals surface area contributed by atoms with Gasteiger partial charge in [0.15, 0.2) is 0 Å². The standard InChI is InChI=1S/C43H62N10O9/c1-4-16-46-38(57)29-9-6-12-32(35(29)54)41(60)49-20-24-52(23-15-44)27-28-53(25-21-50-42(61)33-13-7-10-30(36(33)55)39(58)47-17-5-2)26-22-51-43(62)34-14-8-11-31(37(34)56)40(59)48-19-18-45-3/h6-14,45,54-56H,4-5,15-28,44H2,1-3H3,(H,46,57)(H,47,58)(H,48,59)(H,49,60)(H,50,61)(H,51,62). The van der Waals surface area contributed by atoms with E-state index in [-0.39, 0.29) is 53.0 Å². The average molecular weight is 863 g/mol. The number of benzene rings is 3. The average Bonchev–Trinajstić information content (AvgIpc) is 3.26. The lowest BCUT2D eigenvalue weighted by molar-refractivity contribution is 0.0921. The van der Waals surface area contributed by atoms with E-state index in [0.717, 1.165) is 0 Å². The summed E-state index contributed by atoms with van der Waals surface area (Å²) in [5, 5.41) is 51.6. The molecule has 3 aromatic carbocycles. The maximum Gasteiger partial charge on any atom is 0.255 e. The summed E-state index contributed by atoms with van der Waals surface area (Å²) in [7, 11) is 1.74. The molecular weight excluding hydrogens is 801 g/mol. The molecule has 0 bridgehead atoms. The molecule has 0 aliphatic carbocycles. The van der Waals surface area contributed by atoms with Gasteiger partial charge in [0, 0.05) is 91.6 Å². The van der Waals surface area contributed by atoms with Gasteiger partial charge in [0.1, 0.15) is 17.2 Å². The smallest absolute Gasteiger partial charge is 0.255 e. The van der Waals surface area contributed by atoms with E-state index in [0.29, 0.717) is 84.8 Å². The highest BCUT2D eigenvalue weighted by atomic mass is 16.3. The zero-order chi connectivity index (χ0) is 45.4. The molecule has 3 rings (SSSR count). The third-order valence-corrected chi connectivity index (χ3v) is 9.63. The zero-order valence-electron chi connectivity index (χ0n) is 35.8. The molecule has 0 heterocycles. The van der Waals surface area contributed by atoms with E-state index in [4.69, 9.17) is 5.73 Å². The van der Waals surface area contributed by atoms with Gasteiger partial charge in [-0.05, 0) is 56.3 Å². The Kier molecular flexibility index (Phi) is 21.7. The fraction of sp³-hybridized carbons (Fsp3) is 0.442. The molecule has 0 aromatic heterocycles. The minimum Gasteiger partial charge on any atom is -0.506 e. The molecule has 0 unspecified atom stereocenters. The number of nitrogens with two attached hydrogens (primary N) is 1. The summed E-state index contributed by atoms with van der Waals surface area (Å²) in [6, 6.07) is 13.1. The molecule has 338 valence electrons. The number of aromatic hydroxyl groups is 3. The van der Waals surface area contributed by atoms with Crippen LogP contribution >= 0.6 is 0 Å². The maximum atomic E-state index is 13.2. The van der Waals surface area contributed by atoms with Gasteiger partial charge in [0.2, 0.25) is 0 Å². The van der Waals surface area contributed by atoms with Gasteiger partial charge in [-0.15, -0.1) is 0 Å². The highest BCUT2D eigenvalue weighted by Crippen LogP contribution is 2.24. The Labute approximate surface area is 362 Å². The van der Waals surface area contributed by atoms with Crippen LogP contribution in [0.25, 0.3) is 0 Å². The summed E-state index contributed by atoms with van der Waals surface area (Å²) in [6.07, 6.45) is 1.40. The molecule has 0 spiro atoms. The predicted molar refractivity (Wildman–Crippen MR) is 235 cm³/mol. The van der Waals surface area contributed by atoms with Gasteiger partial charge in [-0.25, -0.2) is 0 Å². The van der Waals surface area contributed by atoms with Crippen LogP contribution in [0.4, 0.5) is 0 Å². The molecular formula is C43H62N10O9. The second kappa shape index (κ2) is 26.8. The minimum absolute atomic E-state index is 0.00283. The van der Waals surface area contributed by atoms with Crippen molar-refractivity contribution in [2.45, 2.75) is 26.7 Å². The van der Waals surface area contributed by atoms with Crippen LogP contribution in [0.1, 0.15) is 88.8 Å². The van der Waals surface area contributed by atoms with Crippen molar-refractivity contribution in [1.82, 2.24) is 47.0 Å². The van der Waals surface area contributed by atoms with E-state index in [1.165, 1.54) is 54.6 Å². The lowest BCUT2D eigenvalue weighted by atomic mass is 10.1. The molecule has 0 aliphatic heterocycles. The van der Waals surface area contributed by atoms with Crippen LogP contribution < -0.4 is 43.0 Å². The first-order valence-corrected chi connectivity index (χ1v) is 20.8. The van der Waals surface area contributed by atoms with Crippen molar-refractivity contribution < 1.29 is 44.1 Å². The van der Waals surface area contributed by atoms with Crippen molar-refractivity contribution in [3.63, 3.8) is 0 Å². The van der Waals surface area contributed by atoms with Crippen LogP contribution in [-0.2, 0) is 0 Å². The van der Waals surface area contributed by atoms with Crippen LogP contribution in [-0.4, -0.2) is 159 Å². The number of nitrogens with zero attached hydrogens (tertiary/aromatic N) is 2. The summed E-state index contributed by atoms with van der Waals surface area (Å²) in [5.74, 6) is -4.57. The van der Waals surface area contributed by atoms with Gasteiger partial charge in [0.05, 0.1) is 33.4 Å². The molecule has 3 aromatic rings. The largest absolute Gasteiger partial charge is 0.506 e. The number of phenolic OH excluding ortho intramolecular Hbond substituents is 3. The van der Waals surface area contributed by atoms with Crippen LogP contribution in [0, 0.1) is 0 Å². The number of hydrogen-bond acceptors (Lipinski definition) is 13. The Morgan fingerprint density at radius 1 is 0.435 bits per heavy atom. The molecule has 0 saturated carbocycles. The summed E-state index contributed by atoms with van der Waals surface area (Å²) in [4.78, 5) is 81.1. The van der Waals surface area contributed by atoms with Crippen molar-refractivity contribution in [2.24, 2.45) is 5.73 Å². The molecule has 0 atom stereocenters. The van der Waals surface area contributed by atoms with Crippen LogP contribution in [0.5, 0.6) is 17.2 Å². The van der Waals surface area contributed by atoms with Gasteiger partial charge >= 0.3 is 0 Å². The van der Waals surface area contributed by atoms with Crippen molar-refractivity contribution in [3.05, 3.63) is 88.0 Å². The van der Waals surface area contributed by atoms with E-state index in [9.17, 15) is 44.1 Å². The number of para-hydroxylation sites is 3. The quantitative estimate of drug-likeness (QED) is 0.0458. The second-order valence-electron chi connectivity index (χ2n) is 14.2. The number of phenols is 3. The predicted octanol–water partition coefficient (Wildman–Crippen LogP) is 0.185. The van der Waals surface area contributed by atoms with Gasteiger partial charge < -0.3 is 58.3 Å². The summed E-state index contributed by atoms with van der Waals surface area (Å²) < 4.78 is 0. The van der Waals surface area contributed by atoms with Gasteiger partial charge in [-0.1, -0.05) is 32.0 Å². The zero-order valence-corrected chi connectivity index (χ0v) is 35.8. The first-order valence-electron chi connectivity index (χ1n) is 20.8. The Morgan fingerprint density at radius 3 is 0.984 bits per heavy atom. The number of carbonyl (C=O) groups is 6. The minimum atomic E-state index is -0.599. The molecule has 0 fully saturated rings.